The van der Waals surface area contributed by atoms with E-state index >= 15 is 0 Å². The summed E-state index contributed by atoms with van der Waals surface area (Å²) in [6.07, 6.45) is 1.81. The Hall–Kier alpha value is -2.36. The molecule has 0 bridgehead atoms. The highest BCUT2D eigenvalue weighted by molar-refractivity contribution is 5.78. The van der Waals surface area contributed by atoms with Gasteiger partial charge in [0.25, 0.3) is 0 Å². The lowest BCUT2D eigenvalue weighted by molar-refractivity contribution is 0.660. The third-order valence-electron chi connectivity index (χ3n) is 3.44. The van der Waals surface area contributed by atoms with Gasteiger partial charge in [0.05, 0.1) is 29.1 Å². The minimum atomic E-state index is 0.731. The van der Waals surface area contributed by atoms with Gasteiger partial charge in [-0.3, -0.25) is 9.67 Å². The maximum atomic E-state index is 5.95. The van der Waals surface area contributed by atoms with E-state index < -0.39 is 0 Å². The zero-order chi connectivity index (χ0) is 13.4. The van der Waals surface area contributed by atoms with Crippen LogP contribution in [0.15, 0.2) is 36.5 Å². The number of hydrogen-bond acceptors (Lipinski definition) is 3. The normalized spacial score (nSPS) is 11.1. The van der Waals surface area contributed by atoms with Gasteiger partial charge in [0, 0.05) is 11.6 Å². The molecule has 0 aliphatic heterocycles. The number of anilines is 1. The third-order valence-corrected chi connectivity index (χ3v) is 3.44. The Bertz CT molecular complexity index is 743. The molecule has 3 aromatic rings. The summed E-state index contributed by atoms with van der Waals surface area (Å²) in [7, 11) is 0. The molecule has 0 saturated heterocycles. The standard InChI is InChI=1S/C15H16N4/c1-10-15(16)11(2)19(18-10)9-12-5-6-14-13(8-12)4-3-7-17-14/h3-8H,9,16H2,1-2H3. The largest absolute Gasteiger partial charge is 0.396 e. The zero-order valence-corrected chi connectivity index (χ0v) is 11.1. The van der Waals surface area contributed by atoms with Gasteiger partial charge >= 0.3 is 0 Å². The lowest BCUT2D eigenvalue weighted by Gasteiger charge is -2.06. The van der Waals surface area contributed by atoms with Crippen LogP contribution >= 0.6 is 0 Å². The summed E-state index contributed by atoms with van der Waals surface area (Å²) in [5.74, 6) is 0. The number of hydrogen-bond donors (Lipinski definition) is 1. The van der Waals surface area contributed by atoms with E-state index in [1.807, 2.05) is 36.9 Å². The van der Waals surface area contributed by atoms with Crippen LogP contribution < -0.4 is 5.73 Å². The Morgan fingerprint density at radius 3 is 2.79 bits per heavy atom. The van der Waals surface area contributed by atoms with Crippen LogP contribution in [0, 0.1) is 13.8 Å². The van der Waals surface area contributed by atoms with E-state index in [0.29, 0.717) is 0 Å². The molecule has 2 aromatic heterocycles. The smallest absolute Gasteiger partial charge is 0.0826 e. The summed E-state index contributed by atoms with van der Waals surface area (Å²) in [5.41, 5.74) is 10.9. The molecule has 0 amide bonds. The van der Waals surface area contributed by atoms with Crippen molar-refractivity contribution in [3.63, 3.8) is 0 Å². The van der Waals surface area contributed by atoms with Crippen molar-refractivity contribution in [1.29, 1.82) is 0 Å². The van der Waals surface area contributed by atoms with E-state index in [9.17, 15) is 0 Å². The molecular weight excluding hydrogens is 236 g/mol. The van der Waals surface area contributed by atoms with Gasteiger partial charge in [0.15, 0.2) is 0 Å². The highest BCUT2D eigenvalue weighted by Crippen LogP contribution is 2.18. The fourth-order valence-electron chi connectivity index (χ4n) is 2.26. The Morgan fingerprint density at radius 2 is 2.05 bits per heavy atom. The van der Waals surface area contributed by atoms with Crippen molar-refractivity contribution in [1.82, 2.24) is 14.8 Å². The molecule has 4 nitrogen and oxygen atoms in total. The van der Waals surface area contributed by atoms with Crippen molar-refractivity contribution in [2.75, 3.05) is 5.73 Å². The third kappa shape index (κ3) is 2.05. The van der Waals surface area contributed by atoms with Crippen LogP contribution in [0.4, 0.5) is 5.69 Å². The SMILES string of the molecule is Cc1nn(Cc2ccc3ncccc3c2)c(C)c1N. The van der Waals surface area contributed by atoms with Gasteiger partial charge in [0.1, 0.15) is 0 Å². The summed E-state index contributed by atoms with van der Waals surface area (Å²) in [6, 6.07) is 10.3. The molecule has 0 radical (unpaired) electrons. The molecule has 0 aliphatic rings. The first-order chi connectivity index (χ1) is 9.15. The second kappa shape index (κ2) is 4.39. The second-order valence-corrected chi connectivity index (χ2v) is 4.77. The molecule has 4 heteroatoms. The number of fused-ring (bicyclic) bond motifs is 1. The van der Waals surface area contributed by atoms with E-state index in [1.165, 1.54) is 5.56 Å². The van der Waals surface area contributed by atoms with E-state index in [-0.39, 0.29) is 0 Å². The van der Waals surface area contributed by atoms with Crippen molar-refractivity contribution in [3.05, 3.63) is 53.5 Å². The molecule has 0 unspecified atom stereocenters. The molecule has 0 atom stereocenters. The summed E-state index contributed by atoms with van der Waals surface area (Å²) in [6.45, 7) is 4.66. The molecular formula is C15H16N4. The molecule has 1 aromatic carbocycles. The molecule has 3 rings (SSSR count). The zero-order valence-electron chi connectivity index (χ0n) is 11.1. The number of rotatable bonds is 2. The number of nitrogens with two attached hydrogens (primary N) is 1. The van der Waals surface area contributed by atoms with Crippen molar-refractivity contribution < 1.29 is 0 Å². The maximum Gasteiger partial charge on any atom is 0.0826 e. The first kappa shape index (κ1) is 11.7. The van der Waals surface area contributed by atoms with Crippen molar-refractivity contribution in [2.45, 2.75) is 20.4 Å². The first-order valence-corrected chi connectivity index (χ1v) is 6.28. The van der Waals surface area contributed by atoms with Gasteiger partial charge in [-0.1, -0.05) is 12.1 Å². The molecule has 96 valence electrons. The number of nitrogen functional groups attached to an aromatic ring is 1. The van der Waals surface area contributed by atoms with Gasteiger partial charge in [-0.25, -0.2) is 0 Å². The number of pyridine rings is 1. The van der Waals surface area contributed by atoms with Crippen LogP contribution in [0.2, 0.25) is 0 Å². The van der Waals surface area contributed by atoms with Crippen LogP contribution in [0.1, 0.15) is 17.0 Å². The number of aromatic nitrogens is 3. The average molecular weight is 252 g/mol. The summed E-state index contributed by atoms with van der Waals surface area (Å²) >= 11 is 0. The van der Waals surface area contributed by atoms with Crippen molar-refractivity contribution >= 4 is 16.6 Å². The lowest BCUT2D eigenvalue weighted by atomic mass is 10.1. The van der Waals surface area contributed by atoms with Crippen LogP contribution in [-0.2, 0) is 6.54 Å². The van der Waals surface area contributed by atoms with Gasteiger partial charge in [-0.05, 0) is 37.6 Å². The molecule has 0 aliphatic carbocycles. The van der Waals surface area contributed by atoms with Crippen LogP contribution in [0.5, 0.6) is 0 Å². The van der Waals surface area contributed by atoms with Gasteiger partial charge in [-0.2, -0.15) is 5.10 Å². The minimum Gasteiger partial charge on any atom is -0.396 e. The highest BCUT2D eigenvalue weighted by Gasteiger charge is 2.08. The fourth-order valence-corrected chi connectivity index (χ4v) is 2.26. The summed E-state index contributed by atoms with van der Waals surface area (Å²) in [4.78, 5) is 4.32. The fraction of sp³-hybridized carbons (Fsp3) is 0.200. The molecule has 0 spiro atoms. The quantitative estimate of drug-likeness (QED) is 0.763. The molecule has 0 fully saturated rings. The number of benzene rings is 1. The number of nitrogens with zero attached hydrogens (tertiary/aromatic N) is 3. The molecule has 2 heterocycles. The topological polar surface area (TPSA) is 56.7 Å². The Labute approximate surface area is 111 Å². The van der Waals surface area contributed by atoms with Crippen molar-refractivity contribution in [3.8, 4) is 0 Å². The lowest BCUT2D eigenvalue weighted by Crippen LogP contribution is -2.04. The van der Waals surface area contributed by atoms with Crippen LogP contribution in [-0.4, -0.2) is 14.8 Å². The predicted molar refractivity (Wildman–Crippen MR) is 77.0 cm³/mol. The predicted octanol–water partition coefficient (Wildman–Crippen LogP) is 2.68. The summed E-state index contributed by atoms with van der Waals surface area (Å²) in [5, 5.41) is 5.61. The van der Waals surface area contributed by atoms with Gasteiger partial charge < -0.3 is 5.73 Å². The highest BCUT2D eigenvalue weighted by atomic mass is 15.3. The first-order valence-electron chi connectivity index (χ1n) is 6.28. The second-order valence-electron chi connectivity index (χ2n) is 4.77. The van der Waals surface area contributed by atoms with E-state index in [4.69, 9.17) is 5.73 Å². The van der Waals surface area contributed by atoms with Crippen molar-refractivity contribution in [2.24, 2.45) is 0 Å². The monoisotopic (exact) mass is 252 g/mol. The Kier molecular flexibility index (Phi) is 2.71. The van der Waals surface area contributed by atoms with E-state index in [2.05, 4.69) is 28.3 Å². The molecule has 2 N–H and O–H groups in total. The van der Waals surface area contributed by atoms with E-state index in [0.717, 1.165) is 34.5 Å². The van der Waals surface area contributed by atoms with Crippen LogP contribution in [0.25, 0.3) is 10.9 Å². The van der Waals surface area contributed by atoms with Gasteiger partial charge in [-0.15, -0.1) is 0 Å². The minimum absolute atomic E-state index is 0.731. The summed E-state index contributed by atoms with van der Waals surface area (Å²) < 4.78 is 1.95. The maximum absolute atomic E-state index is 5.95. The van der Waals surface area contributed by atoms with Crippen LogP contribution in [0.3, 0.4) is 0 Å². The molecule has 0 saturated carbocycles. The average Bonchev–Trinajstić information content (AvgIpc) is 2.66. The van der Waals surface area contributed by atoms with Gasteiger partial charge in [0.2, 0.25) is 0 Å². The number of aryl methyl sites for hydroxylation is 1. The molecule has 19 heavy (non-hydrogen) atoms. The Morgan fingerprint density at radius 1 is 1.21 bits per heavy atom. The Balaban J connectivity index is 1.98. The van der Waals surface area contributed by atoms with E-state index in [1.54, 1.807) is 0 Å².